The molecule has 4 nitrogen and oxygen atoms in total. The van der Waals surface area contributed by atoms with E-state index in [1.807, 2.05) is 0 Å². The van der Waals surface area contributed by atoms with Crippen molar-refractivity contribution in [2.45, 2.75) is 17.4 Å². The van der Waals surface area contributed by atoms with Crippen LogP contribution in [0.4, 0.5) is 0 Å². The number of carbonyl (C=O) groups is 2. The van der Waals surface area contributed by atoms with Gasteiger partial charge in [-0.05, 0) is 6.26 Å². The maximum atomic E-state index is 11.9. The van der Waals surface area contributed by atoms with E-state index < -0.39 is 12.1 Å². The van der Waals surface area contributed by atoms with Gasteiger partial charge in [-0.25, -0.2) is 4.79 Å². The van der Waals surface area contributed by atoms with Crippen molar-refractivity contribution < 1.29 is 19.8 Å². The van der Waals surface area contributed by atoms with Crippen molar-refractivity contribution in [3.8, 4) is 0 Å². The van der Waals surface area contributed by atoms with E-state index in [2.05, 4.69) is 15.9 Å². The molecule has 0 heterocycles. The fourth-order valence-electron chi connectivity index (χ4n) is 1.57. The van der Waals surface area contributed by atoms with Crippen molar-refractivity contribution in [1.29, 1.82) is 0 Å². The zero-order valence-corrected chi connectivity index (χ0v) is 12.1. The highest BCUT2D eigenvalue weighted by molar-refractivity contribution is 9.09. The summed E-state index contributed by atoms with van der Waals surface area (Å²) in [6.07, 6.45) is 0.475. The molecule has 0 bridgehead atoms. The molecule has 98 valence electrons. The average molecular weight is 333 g/mol. The minimum Gasteiger partial charge on any atom is -0.479 e. The monoisotopic (exact) mass is 332 g/mol. The number of alkyl halides is 1. The van der Waals surface area contributed by atoms with Gasteiger partial charge < -0.3 is 10.2 Å². The third-order valence-corrected chi connectivity index (χ3v) is 3.66. The summed E-state index contributed by atoms with van der Waals surface area (Å²) in [5.41, 5.74) is 0.718. The maximum Gasteiger partial charge on any atom is 0.337 e. The van der Waals surface area contributed by atoms with E-state index >= 15 is 0 Å². The Kier molecular flexibility index (Phi) is 5.84. The van der Waals surface area contributed by atoms with Crippen LogP contribution >= 0.6 is 27.7 Å². The van der Waals surface area contributed by atoms with Gasteiger partial charge in [-0.2, -0.15) is 0 Å². The third-order valence-electron chi connectivity index (χ3n) is 2.40. The number of rotatable bonds is 6. The fourth-order valence-corrected chi connectivity index (χ4v) is 2.75. The van der Waals surface area contributed by atoms with Gasteiger partial charge in [0.25, 0.3) is 0 Å². The Hall–Kier alpha value is -0.850. The maximum absolute atomic E-state index is 11.9. The Labute approximate surface area is 118 Å². The first-order valence-corrected chi connectivity index (χ1v) is 7.54. The lowest BCUT2D eigenvalue weighted by Gasteiger charge is -2.14. The number of aliphatic hydroxyl groups excluding tert-OH is 1. The van der Waals surface area contributed by atoms with Crippen LogP contribution in [0.3, 0.4) is 0 Å². The first-order chi connectivity index (χ1) is 8.52. The van der Waals surface area contributed by atoms with Crippen molar-refractivity contribution in [3.05, 3.63) is 29.3 Å². The van der Waals surface area contributed by atoms with E-state index in [1.165, 1.54) is 17.8 Å². The summed E-state index contributed by atoms with van der Waals surface area (Å²) in [6.45, 7) is 0. The number of thioether (sulfide) groups is 1. The molecule has 0 spiro atoms. The van der Waals surface area contributed by atoms with Crippen LogP contribution in [0.15, 0.2) is 23.1 Å². The number of hydrogen-bond acceptors (Lipinski definition) is 4. The number of benzene rings is 1. The van der Waals surface area contributed by atoms with E-state index in [0.717, 1.165) is 0 Å². The Morgan fingerprint density at radius 3 is 2.61 bits per heavy atom. The Balaban J connectivity index is 3.26. The SMILES string of the molecule is CSc1c(C(=O)CCBr)cccc1C(O)C(=O)O. The first kappa shape index (κ1) is 15.2. The summed E-state index contributed by atoms with van der Waals surface area (Å²) in [6, 6.07) is 4.76. The molecule has 0 radical (unpaired) electrons. The van der Waals surface area contributed by atoms with E-state index in [4.69, 9.17) is 5.11 Å². The molecular weight excluding hydrogens is 320 g/mol. The van der Waals surface area contributed by atoms with E-state index in [0.29, 0.717) is 22.2 Å². The zero-order valence-electron chi connectivity index (χ0n) is 9.72. The van der Waals surface area contributed by atoms with Crippen LogP contribution in [-0.2, 0) is 4.79 Å². The summed E-state index contributed by atoms with van der Waals surface area (Å²) < 4.78 is 0. The second-order valence-corrected chi connectivity index (χ2v) is 5.14. The molecule has 1 atom stereocenters. The normalized spacial score (nSPS) is 12.2. The highest BCUT2D eigenvalue weighted by Crippen LogP contribution is 2.30. The number of hydrogen-bond donors (Lipinski definition) is 2. The molecule has 6 heteroatoms. The fraction of sp³-hybridized carbons (Fsp3) is 0.333. The van der Waals surface area contributed by atoms with E-state index in [-0.39, 0.29) is 11.3 Å². The van der Waals surface area contributed by atoms with Crippen LogP contribution in [0.1, 0.15) is 28.4 Å². The molecule has 18 heavy (non-hydrogen) atoms. The Morgan fingerprint density at radius 2 is 2.11 bits per heavy atom. The molecule has 0 aromatic heterocycles. The number of carboxylic acid groups (broad SMARTS) is 1. The van der Waals surface area contributed by atoms with Crippen molar-refractivity contribution >= 4 is 39.4 Å². The molecule has 0 aliphatic carbocycles. The van der Waals surface area contributed by atoms with Crippen molar-refractivity contribution in [1.82, 2.24) is 0 Å². The van der Waals surface area contributed by atoms with Crippen molar-refractivity contribution in [2.75, 3.05) is 11.6 Å². The summed E-state index contributed by atoms with van der Waals surface area (Å²) in [7, 11) is 0. The summed E-state index contributed by atoms with van der Waals surface area (Å²) >= 11 is 4.46. The summed E-state index contributed by atoms with van der Waals surface area (Å²) in [4.78, 5) is 23.2. The van der Waals surface area contributed by atoms with Gasteiger partial charge in [-0.3, -0.25) is 4.79 Å². The first-order valence-electron chi connectivity index (χ1n) is 5.19. The Morgan fingerprint density at radius 1 is 1.44 bits per heavy atom. The molecule has 1 aromatic rings. The molecule has 1 aromatic carbocycles. The van der Waals surface area contributed by atoms with Crippen LogP contribution in [0.5, 0.6) is 0 Å². The van der Waals surface area contributed by atoms with Crippen LogP contribution in [0, 0.1) is 0 Å². The lowest BCUT2D eigenvalue weighted by atomic mass is 10.0. The van der Waals surface area contributed by atoms with E-state index in [9.17, 15) is 14.7 Å². The minimum absolute atomic E-state index is 0.0735. The number of aliphatic carboxylic acids is 1. The number of ketones is 1. The minimum atomic E-state index is -1.61. The smallest absolute Gasteiger partial charge is 0.337 e. The number of halogens is 1. The third kappa shape index (κ3) is 3.34. The van der Waals surface area contributed by atoms with Gasteiger partial charge in [0.15, 0.2) is 11.9 Å². The average Bonchev–Trinajstić information content (AvgIpc) is 2.36. The number of Topliss-reactive ketones (excluding diaryl/α,β-unsaturated/α-hetero) is 1. The standard InChI is InChI=1S/C12H13BrO4S/c1-18-11-7(9(14)5-6-13)3-2-4-8(11)10(15)12(16)17/h2-4,10,15H,5-6H2,1H3,(H,16,17). The molecule has 1 unspecified atom stereocenters. The molecule has 1 rings (SSSR count). The molecule has 2 N–H and O–H groups in total. The quantitative estimate of drug-likeness (QED) is 0.475. The topological polar surface area (TPSA) is 74.6 Å². The predicted octanol–water partition coefficient (Wildman–Crippen LogP) is 2.49. The second-order valence-electron chi connectivity index (χ2n) is 3.53. The number of carboxylic acids is 1. The van der Waals surface area contributed by atoms with Crippen LogP contribution < -0.4 is 0 Å². The predicted molar refractivity (Wildman–Crippen MR) is 73.6 cm³/mol. The molecule has 0 amide bonds. The summed E-state index contributed by atoms with van der Waals surface area (Å²) in [5.74, 6) is -1.40. The number of carbonyl (C=O) groups excluding carboxylic acids is 1. The highest BCUT2D eigenvalue weighted by Gasteiger charge is 2.22. The van der Waals surface area contributed by atoms with Gasteiger partial charge in [-0.15, -0.1) is 11.8 Å². The Bertz CT molecular complexity index is 461. The lowest BCUT2D eigenvalue weighted by molar-refractivity contribution is -0.147. The van der Waals surface area contributed by atoms with Gasteiger partial charge in [0.2, 0.25) is 0 Å². The number of aliphatic hydroxyl groups is 1. The highest BCUT2D eigenvalue weighted by atomic mass is 79.9. The van der Waals surface area contributed by atoms with Crippen LogP contribution in [-0.4, -0.2) is 33.6 Å². The molecule has 0 fully saturated rings. The molecule has 0 aliphatic rings. The lowest BCUT2D eigenvalue weighted by Crippen LogP contribution is -2.13. The largest absolute Gasteiger partial charge is 0.479 e. The molecule has 0 saturated heterocycles. The second kappa shape index (κ2) is 6.92. The van der Waals surface area contributed by atoms with Crippen LogP contribution in [0.2, 0.25) is 0 Å². The van der Waals surface area contributed by atoms with Gasteiger partial charge in [-0.1, -0.05) is 34.1 Å². The molecular formula is C12H13BrO4S. The van der Waals surface area contributed by atoms with Crippen LogP contribution in [0.25, 0.3) is 0 Å². The summed E-state index contributed by atoms with van der Waals surface area (Å²) in [5, 5.41) is 19.0. The molecule has 0 saturated carbocycles. The zero-order chi connectivity index (χ0) is 13.7. The van der Waals surface area contributed by atoms with Gasteiger partial charge >= 0.3 is 5.97 Å². The van der Waals surface area contributed by atoms with Gasteiger partial charge in [0.1, 0.15) is 0 Å². The molecule has 0 aliphatic heterocycles. The van der Waals surface area contributed by atoms with Gasteiger partial charge in [0.05, 0.1) is 0 Å². The van der Waals surface area contributed by atoms with Crippen molar-refractivity contribution in [2.24, 2.45) is 0 Å². The van der Waals surface area contributed by atoms with Crippen molar-refractivity contribution in [3.63, 3.8) is 0 Å². The van der Waals surface area contributed by atoms with Gasteiger partial charge in [0, 0.05) is 27.8 Å². The van der Waals surface area contributed by atoms with E-state index in [1.54, 1.807) is 18.4 Å².